The first-order valence-electron chi connectivity index (χ1n) is 11.7. The molecule has 0 saturated carbocycles. The lowest BCUT2D eigenvalue weighted by Crippen LogP contribution is -2.11. The number of aromatic nitrogens is 1. The fraction of sp³-hybridized carbons (Fsp3) is 0.720. The summed E-state index contributed by atoms with van der Waals surface area (Å²) >= 11 is 0. The van der Waals surface area contributed by atoms with Gasteiger partial charge in [-0.25, -0.2) is 9.59 Å². The number of hydrogen-bond acceptors (Lipinski definition) is 5. The number of nitrogens with zero attached hydrogens (tertiary/aromatic N) is 1. The largest absolute Gasteiger partial charge is 0.462 e. The zero-order valence-electron chi connectivity index (χ0n) is 19.5. The minimum Gasteiger partial charge on any atom is -0.462 e. The molecule has 0 unspecified atom stereocenters. The number of rotatable bonds is 16. The average Bonchev–Trinajstić information content (AvgIpc) is 2.71. The van der Waals surface area contributed by atoms with Crippen molar-refractivity contribution in [3.63, 3.8) is 0 Å². The number of carbonyl (C=O) groups excluding carboxylic acids is 2. The first-order chi connectivity index (χ1) is 14.4. The average molecular weight is 420 g/mol. The van der Waals surface area contributed by atoms with Crippen molar-refractivity contribution >= 4 is 11.9 Å². The van der Waals surface area contributed by atoms with E-state index in [1.54, 1.807) is 0 Å². The lowest BCUT2D eigenvalue weighted by atomic mass is 10.0. The smallest absolute Gasteiger partial charge is 0.339 e. The van der Waals surface area contributed by atoms with Gasteiger partial charge in [-0.15, -0.1) is 0 Å². The third-order valence-electron chi connectivity index (χ3n) is 5.03. The fourth-order valence-electron chi connectivity index (χ4n) is 3.18. The summed E-state index contributed by atoms with van der Waals surface area (Å²) in [6.45, 7) is 9.71. The van der Waals surface area contributed by atoms with Crippen LogP contribution in [-0.2, 0) is 9.47 Å². The first-order valence-corrected chi connectivity index (χ1v) is 11.7. The lowest BCUT2D eigenvalue weighted by Gasteiger charge is -2.08. The van der Waals surface area contributed by atoms with Crippen molar-refractivity contribution in [3.8, 4) is 0 Å². The second-order valence-corrected chi connectivity index (χ2v) is 8.93. The van der Waals surface area contributed by atoms with Crippen molar-refractivity contribution in [3.05, 3.63) is 29.6 Å². The van der Waals surface area contributed by atoms with Gasteiger partial charge in [0.2, 0.25) is 0 Å². The summed E-state index contributed by atoms with van der Waals surface area (Å²) in [6, 6.07) is 1.50. The molecule has 5 heteroatoms. The fourth-order valence-corrected chi connectivity index (χ4v) is 3.18. The van der Waals surface area contributed by atoms with Gasteiger partial charge in [0.25, 0.3) is 0 Å². The van der Waals surface area contributed by atoms with Crippen LogP contribution in [0.5, 0.6) is 0 Å². The van der Waals surface area contributed by atoms with Gasteiger partial charge >= 0.3 is 11.9 Å². The van der Waals surface area contributed by atoms with E-state index in [1.165, 1.54) is 44.1 Å². The molecule has 0 atom stereocenters. The van der Waals surface area contributed by atoms with Gasteiger partial charge in [-0.1, -0.05) is 79.1 Å². The van der Waals surface area contributed by atoms with Crippen LogP contribution in [0.25, 0.3) is 0 Å². The monoisotopic (exact) mass is 419 g/mol. The molecule has 0 saturated heterocycles. The standard InChI is InChI=1S/C25H41NO4/c1-20(2)13-9-5-7-11-15-29-24(27)22-17-23(19-26-18-22)25(28)30-16-12-8-6-10-14-21(3)4/h17-21H,5-16H2,1-4H3. The summed E-state index contributed by atoms with van der Waals surface area (Å²) in [6.07, 6.45) is 13.9. The Labute approximate surface area is 183 Å². The van der Waals surface area contributed by atoms with Crippen molar-refractivity contribution in [2.24, 2.45) is 11.8 Å². The molecule has 1 heterocycles. The van der Waals surface area contributed by atoms with E-state index < -0.39 is 11.9 Å². The molecule has 0 aliphatic carbocycles. The van der Waals surface area contributed by atoms with E-state index in [-0.39, 0.29) is 11.1 Å². The zero-order chi connectivity index (χ0) is 22.2. The van der Waals surface area contributed by atoms with E-state index in [2.05, 4.69) is 32.7 Å². The molecule has 0 radical (unpaired) electrons. The van der Waals surface area contributed by atoms with Gasteiger partial charge in [-0.2, -0.15) is 0 Å². The molecule has 170 valence electrons. The predicted molar refractivity (Wildman–Crippen MR) is 121 cm³/mol. The number of pyridine rings is 1. The molecule has 5 nitrogen and oxygen atoms in total. The van der Waals surface area contributed by atoms with Crippen LogP contribution in [0.15, 0.2) is 18.5 Å². The summed E-state index contributed by atoms with van der Waals surface area (Å²) in [4.78, 5) is 28.4. The Morgan fingerprint density at radius 1 is 0.700 bits per heavy atom. The van der Waals surface area contributed by atoms with Crippen molar-refractivity contribution < 1.29 is 19.1 Å². The van der Waals surface area contributed by atoms with Gasteiger partial charge < -0.3 is 9.47 Å². The molecule has 0 N–H and O–H groups in total. The highest BCUT2D eigenvalue weighted by atomic mass is 16.5. The highest BCUT2D eigenvalue weighted by Crippen LogP contribution is 2.12. The van der Waals surface area contributed by atoms with E-state index in [4.69, 9.17) is 9.47 Å². The molecule has 1 aromatic heterocycles. The van der Waals surface area contributed by atoms with Crippen LogP contribution in [-0.4, -0.2) is 30.1 Å². The van der Waals surface area contributed by atoms with Crippen LogP contribution in [0.2, 0.25) is 0 Å². The topological polar surface area (TPSA) is 65.5 Å². The van der Waals surface area contributed by atoms with Gasteiger partial charge in [-0.05, 0) is 30.7 Å². The Morgan fingerprint density at radius 3 is 1.50 bits per heavy atom. The molecular formula is C25H41NO4. The molecule has 0 spiro atoms. The molecule has 1 rings (SSSR count). The normalized spacial score (nSPS) is 11.1. The van der Waals surface area contributed by atoms with Gasteiger partial charge in [0, 0.05) is 12.4 Å². The minimum atomic E-state index is -0.440. The molecule has 0 fully saturated rings. The van der Waals surface area contributed by atoms with E-state index >= 15 is 0 Å². The van der Waals surface area contributed by atoms with E-state index in [0.717, 1.165) is 50.4 Å². The summed E-state index contributed by atoms with van der Waals surface area (Å²) in [5.74, 6) is 0.599. The molecule has 30 heavy (non-hydrogen) atoms. The summed E-state index contributed by atoms with van der Waals surface area (Å²) < 4.78 is 10.6. The molecule has 0 aliphatic heterocycles. The van der Waals surface area contributed by atoms with Crippen molar-refractivity contribution in [1.29, 1.82) is 0 Å². The third kappa shape index (κ3) is 12.6. The predicted octanol–water partition coefficient (Wildman–Crippen LogP) is 6.61. The van der Waals surface area contributed by atoms with E-state index in [9.17, 15) is 9.59 Å². The van der Waals surface area contributed by atoms with E-state index in [0.29, 0.717) is 13.2 Å². The Morgan fingerprint density at radius 2 is 1.10 bits per heavy atom. The molecule has 0 bridgehead atoms. The summed E-state index contributed by atoms with van der Waals surface area (Å²) in [7, 11) is 0. The number of ether oxygens (including phenoxy) is 2. The van der Waals surface area contributed by atoms with Crippen molar-refractivity contribution in [1.82, 2.24) is 4.98 Å². The second kappa shape index (κ2) is 15.9. The highest BCUT2D eigenvalue weighted by Gasteiger charge is 2.13. The van der Waals surface area contributed by atoms with Gasteiger partial charge in [0.15, 0.2) is 0 Å². The second-order valence-electron chi connectivity index (χ2n) is 8.93. The molecular weight excluding hydrogens is 378 g/mol. The summed E-state index contributed by atoms with van der Waals surface area (Å²) in [5.41, 5.74) is 0.580. The van der Waals surface area contributed by atoms with Gasteiger partial charge in [-0.3, -0.25) is 4.98 Å². The summed E-state index contributed by atoms with van der Waals surface area (Å²) in [5, 5.41) is 0. The molecule has 0 aromatic carbocycles. The Bertz CT molecular complexity index is 564. The lowest BCUT2D eigenvalue weighted by molar-refractivity contribution is 0.0495. The molecule has 0 amide bonds. The van der Waals surface area contributed by atoms with Crippen LogP contribution < -0.4 is 0 Å². The van der Waals surface area contributed by atoms with E-state index in [1.807, 2.05) is 0 Å². The number of hydrogen-bond donors (Lipinski definition) is 0. The molecule has 1 aromatic rings. The number of unbranched alkanes of at least 4 members (excludes halogenated alkanes) is 6. The maximum Gasteiger partial charge on any atom is 0.339 e. The first kappa shape index (κ1) is 26.1. The maximum absolute atomic E-state index is 12.2. The number of carbonyl (C=O) groups is 2. The highest BCUT2D eigenvalue weighted by molar-refractivity contribution is 5.94. The zero-order valence-corrected chi connectivity index (χ0v) is 19.5. The van der Waals surface area contributed by atoms with Crippen molar-refractivity contribution in [2.45, 2.75) is 91.9 Å². The Kier molecular flexibility index (Phi) is 13.8. The SMILES string of the molecule is CC(C)CCCCCCOC(=O)c1cncc(C(=O)OCCCCCCC(C)C)c1. The third-order valence-corrected chi connectivity index (χ3v) is 5.03. The quantitative estimate of drug-likeness (QED) is 0.223. The van der Waals surface area contributed by atoms with Gasteiger partial charge in [0.1, 0.15) is 0 Å². The Balaban J connectivity index is 2.25. The van der Waals surface area contributed by atoms with Crippen LogP contribution in [0.4, 0.5) is 0 Å². The van der Waals surface area contributed by atoms with Gasteiger partial charge in [0.05, 0.1) is 24.3 Å². The molecule has 0 aliphatic rings. The van der Waals surface area contributed by atoms with Crippen molar-refractivity contribution in [2.75, 3.05) is 13.2 Å². The maximum atomic E-state index is 12.2. The number of esters is 2. The van der Waals surface area contributed by atoms with Crippen LogP contribution in [0.1, 0.15) is 113 Å². The van der Waals surface area contributed by atoms with Crippen LogP contribution >= 0.6 is 0 Å². The van der Waals surface area contributed by atoms with Crippen LogP contribution in [0, 0.1) is 11.8 Å². The minimum absolute atomic E-state index is 0.290. The Hall–Kier alpha value is -1.91. The van der Waals surface area contributed by atoms with Crippen LogP contribution in [0.3, 0.4) is 0 Å².